The zero-order valence-electron chi connectivity index (χ0n) is 24.1. The van der Waals surface area contributed by atoms with Crippen LogP contribution in [0.1, 0.15) is 44.9 Å². The van der Waals surface area contributed by atoms with Gasteiger partial charge in [0.1, 0.15) is 5.75 Å². The molecule has 0 bridgehead atoms. The number of carboxylic acids is 1. The first-order valence-corrected chi connectivity index (χ1v) is 14.0. The summed E-state index contributed by atoms with van der Waals surface area (Å²) in [7, 11) is 0. The van der Waals surface area contributed by atoms with E-state index in [0.717, 1.165) is 40.4 Å². The Morgan fingerprint density at radius 2 is 1.69 bits per heavy atom. The molecule has 2 aromatic heterocycles. The lowest BCUT2D eigenvalue weighted by Gasteiger charge is -2.10. The van der Waals surface area contributed by atoms with Gasteiger partial charge in [-0.1, -0.05) is 35.9 Å². The molecular formula is C34H34ClN3O4. The van der Waals surface area contributed by atoms with E-state index >= 15 is 0 Å². The molecule has 0 saturated heterocycles. The van der Waals surface area contributed by atoms with Crippen LogP contribution in [-0.2, 0) is 11.2 Å². The Balaban J connectivity index is 0.000000283. The van der Waals surface area contributed by atoms with E-state index in [-0.39, 0.29) is 5.56 Å². The number of aromatic amines is 1. The number of halogens is 1. The molecule has 0 radical (unpaired) electrons. The highest BCUT2D eigenvalue weighted by atomic mass is 35.5. The van der Waals surface area contributed by atoms with E-state index in [0.29, 0.717) is 18.7 Å². The molecule has 0 atom stereocenters. The van der Waals surface area contributed by atoms with Crippen LogP contribution < -0.4 is 10.1 Å². The summed E-state index contributed by atoms with van der Waals surface area (Å²) in [5.41, 5.74) is 10.1. The van der Waals surface area contributed by atoms with Crippen molar-refractivity contribution in [2.75, 3.05) is 11.9 Å². The molecule has 0 spiro atoms. The zero-order valence-corrected chi connectivity index (χ0v) is 24.9. The quantitative estimate of drug-likeness (QED) is 0.120. The second-order valence-corrected chi connectivity index (χ2v) is 10.4. The van der Waals surface area contributed by atoms with Crippen molar-refractivity contribution in [2.45, 2.75) is 40.5 Å². The van der Waals surface area contributed by atoms with Crippen LogP contribution in [0.3, 0.4) is 0 Å². The standard InChI is InChI=1S/C26H27ClN2O.C8H7NO3/c1-16-14-20(15-17(2)25(16)27)30-13-7-11-22-19(4)29-26-23(8-5-9-24(22)26)21-10-6-12-28-18(21)3;10-5-9-7-3-1-6(2-4-7)8(11)12/h5-6,8-10,12,14-15,29H,7,11,13H2,1-4H3;1-5H,(H,9,10)(H,11,12). The fourth-order valence-corrected chi connectivity index (χ4v) is 5.03. The number of benzene rings is 3. The number of ether oxygens (including phenoxy) is 1. The number of fused-ring (bicyclic) bond motifs is 1. The highest BCUT2D eigenvalue weighted by molar-refractivity contribution is 6.32. The predicted molar refractivity (Wildman–Crippen MR) is 169 cm³/mol. The Kier molecular flexibility index (Phi) is 9.99. The van der Waals surface area contributed by atoms with Gasteiger partial charge in [-0.25, -0.2) is 4.79 Å². The molecule has 1 amide bonds. The number of carbonyl (C=O) groups excluding carboxylic acids is 1. The van der Waals surface area contributed by atoms with Gasteiger partial charge in [-0.05, 0) is 99.7 Å². The van der Waals surface area contributed by atoms with Gasteiger partial charge in [0.05, 0.1) is 17.7 Å². The van der Waals surface area contributed by atoms with Crippen molar-refractivity contribution in [1.82, 2.24) is 9.97 Å². The maximum atomic E-state index is 10.4. The Morgan fingerprint density at radius 3 is 2.33 bits per heavy atom. The number of aromatic nitrogens is 2. The van der Waals surface area contributed by atoms with E-state index in [1.807, 2.05) is 38.2 Å². The number of hydrogen-bond donors (Lipinski definition) is 3. The second kappa shape index (κ2) is 13.8. The molecule has 0 saturated carbocycles. The Morgan fingerprint density at radius 1 is 1.00 bits per heavy atom. The SMILES string of the molecule is Cc1cc(OCCCc2c(C)[nH]c3c(-c4cccnc4C)cccc23)cc(C)c1Cl.O=CNc1ccc(C(=O)O)cc1. The largest absolute Gasteiger partial charge is 0.494 e. The van der Waals surface area contributed by atoms with Crippen LogP contribution in [0.4, 0.5) is 5.69 Å². The third kappa shape index (κ3) is 7.17. The van der Waals surface area contributed by atoms with Gasteiger partial charge >= 0.3 is 5.97 Å². The molecule has 7 nitrogen and oxygen atoms in total. The van der Waals surface area contributed by atoms with Crippen molar-refractivity contribution in [3.05, 3.63) is 112 Å². The van der Waals surface area contributed by atoms with Gasteiger partial charge in [0.2, 0.25) is 6.41 Å². The number of H-pyrrole nitrogens is 1. The van der Waals surface area contributed by atoms with E-state index in [1.54, 1.807) is 0 Å². The average molecular weight is 584 g/mol. The van der Waals surface area contributed by atoms with E-state index in [1.165, 1.54) is 57.6 Å². The fourth-order valence-electron chi connectivity index (χ4n) is 4.92. The third-order valence-corrected chi connectivity index (χ3v) is 7.66. The first-order chi connectivity index (χ1) is 20.2. The summed E-state index contributed by atoms with van der Waals surface area (Å²) in [6, 6.07) is 20.6. The van der Waals surface area contributed by atoms with E-state index in [2.05, 4.69) is 53.4 Å². The number of carboxylic acid groups (broad SMARTS) is 1. The molecule has 0 fully saturated rings. The maximum absolute atomic E-state index is 10.4. The highest BCUT2D eigenvalue weighted by Crippen LogP contribution is 2.33. The van der Waals surface area contributed by atoms with E-state index in [4.69, 9.17) is 21.4 Å². The molecule has 0 unspecified atom stereocenters. The summed E-state index contributed by atoms with van der Waals surface area (Å²) < 4.78 is 6.00. The lowest BCUT2D eigenvalue weighted by molar-refractivity contribution is -0.105. The van der Waals surface area contributed by atoms with Crippen molar-refractivity contribution in [3.63, 3.8) is 0 Å². The van der Waals surface area contributed by atoms with Crippen molar-refractivity contribution in [1.29, 1.82) is 0 Å². The van der Waals surface area contributed by atoms with Gasteiger partial charge in [0, 0.05) is 44.8 Å². The van der Waals surface area contributed by atoms with Crippen LogP contribution in [0.2, 0.25) is 5.02 Å². The number of para-hydroxylation sites is 1. The van der Waals surface area contributed by atoms with E-state index < -0.39 is 5.97 Å². The van der Waals surface area contributed by atoms with Crippen molar-refractivity contribution in [2.24, 2.45) is 0 Å². The minimum absolute atomic E-state index is 0.200. The highest BCUT2D eigenvalue weighted by Gasteiger charge is 2.14. The van der Waals surface area contributed by atoms with Gasteiger partial charge in [-0.2, -0.15) is 0 Å². The first kappa shape index (κ1) is 30.3. The molecule has 216 valence electrons. The molecule has 5 aromatic rings. The van der Waals surface area contributed by atoms with Crippen molar-refractivity contribution >= 4 is 40.6 Å². The lowest BCUT2D eigenvalue weighted by atomic mass is 9.99. The molecule has 0 aliphatic carbocycles. The van der Waals surface area contributed by atoms with Gasteiger partial charge in [0.25, 0.3) is 0 Å². The molecule has 5 rings (SSSR count). The number of carbonyl (C=O) groups is 2. The summed E-state index contributed by atoms with van der Waals surface area (Å²) in [5.74, 6) is -0.0907. The summed E-state index contributed by atoms with van der Waals surface area (Å²) in [4.78, 5) is 28.4. The Bertz CT molecular complexity index is 1690. The van der Waals surface area contributed by atoms with Crippen LogP contribution >= 0.6 is 11.6 Å². The molecule has 3 aromatic carbocycles. The number of amides is 1. The smallest absolute Gasteiger partial charge is 0.335 e. The maximum Gasteiger partial charge on any atom is 0.335 e. The van der Waals surface area contributed by atoms with Crippen LogP contribution in [0.5, 0.6) is 5.75 Å². The van der Waals surface area contributed by atoms with Crippen molar-refractivity contribution < 1.29 is 19.4 Å². The minimum atomic E-state index is -0.979. The van der Waals surface area contributed by atoms with Gasteiger partial charge in [-0.3, -0.25) is 9.78 Å². The summed E-state index contributed by atoms with van der Waals surface area (Å²) in [5, 5.41) is 13.0. The average Bonchev–Trinajstić information content (AvgIpc) is 3.30. The molecule has 2 heterocycles. The topological polar surface area (TPSA) is 104 Å². The van der Waals surface area contributed by atoms with E-state index in [9.17, 15) is 9.59 Å². The summed E-state index contributed by atoms with van der Waals surface area (Å²) in [6.45, 7) is 8.91. The molecule has 0 aliphatic heterocycles. The summed E-state index contributed by atoms with van der Waals surface area (Å²) >= 11 is 6.26. The van der Waals surface area contributed by atoms with Crippen LogP contribution in [0.15, 0.2) is 72.9 Å². The van der Waals surface area contributed by atoms with Crippen LogP contribution in [0, 0.1) is 27.7 Å². The van der Waals surface area contributed by atoms with Crippen LogP contribution in [-0.4, -0.2) is 34.1 Å². The molecule has 0 aliphatic rings. The molecular weight excluding hydrogens is 550 g/mol. The number of aromatic carboxylic acids is 1. The number of nitrogens with one attached hydrogen (secondary N) is 2. The van der Waals surface area contributed by atoms with Gasteiger partial charge in [0.15, 0.2) is 0 Å². The van der Waals surface area contributed by atoms with Gasteiger partial charge in [-0.15, -0.1) is 0 Å². The number of aryl methyl sites for hydroxylation is 5. The number of nitrogens with zero attached hydrogens (tertiary/aromatic N) is 1. The number of anilines is 1. The Labute approximate surface area is 250 Å². The Hall–Kier alpha value is -4.62. The first-order valence-electron chi connectivity index (χ1n) is 13.6. The van der Waals surface area contributed by atoms with Crippen molar-refractivity contribution in [3.8, 4) is 16.9 Å². The monoisotopic (exact) mass is 583 g/mol. The molecule has 42 heavy (non-hydrogen) atoms. The van der Waals surface area contributed by atoms with Gasteiger partial charge < -0.3 is 20.1 Å². The minimum Gasteiger partial charge on any atom is -0.494 e. The molecule has 3 N–H and O–H groups in total. The van der Waals surface area contributed by atoms with Crippen LogP contribution in [0.25, 0.3) is 22.0 Å². The molecule has 8 heteroatoms. The number of hydrogen-bond acceptors (Lipinski definition) is 4. The second-order valence-electron chi connectivity index (χ2n) is 10.1. The normalized spacial score (nSPS) is 10.6. The lowest BCUT2D eigenvalue weighted by Crippen LogP contribution is -2.00. The number of rotatable bonds is 9. The number of pyridine rings is 1. The third-order valence-electron chi connectivity index (χ3n) is 7.06. The zero-order chi connectivity index (χ0) is 30.2. The summed E-state index contributed by atoms with van der Waals surface area (Å²) in [6.07, 6.45) is 4.29. The fraction of sp³-hybridized carbons (Fsp3) is 0.206. The predicted octanol–water partition coefficient (Wildman–Crippen LogP) is 8.08.